The lowest BCUT2D eigenvalue weighted by molar-refractivity contribution is -0.133. The molecule has 7 rings (SSSR count). The molecule has 0 radical (unpaired) electrons. The number of hydrogen-bond acceptors (Lipinski definition) is 8. The molecule has 9 nitrogen and oxygen atoms in total. The highest BCUT2D eigenvalue weighted by Gasteiger charge is 2.38. The van der Waals surface area contributed by atoms with E-state index in [1.807, 2.05) is 6.92 Å². The summed E-state index contributed by atoms with van der Waals surface area (Å²) >= 11 is 0. The first-order valence-corrected chi connectivity index (χ1v) is 12.0. The van der Waals surface area contributed by atoms with E-state index in [2.05, 4.69) is 32.0 Å². The summed E-state index contributed by atoms with van der Waals surface area (Å²) in [4.78, 5) is 27.6. The Balaban J connectivity index is 1.21. The smallest absolute Gasteiger partial charge is 0.269 e. The van der Waals surface area contributed by atoms with Crippen molar-refractivity contribution in [1.29, 1.82) is 0 Å². The van der Waals surface area contributed by atoms with E-state index in [0.717, 1.165) is 67.7 Å². The number of benzene rings is 1. The molecule has 3 aliphatic heterocycles. The highest BCUT2D eigenvalue weighted by atomic mass is 16.5. The van der Waals surface area contributed by atoms with E-state index < -0.39 is 0 Å². The van der Waals surface area contributed by atoms with Crippen LogP contribution < -0.4 is 19.9 Å². The maximum Gasteiger partial charge on any atom is 0.269 e. The van der Waals surface area contributed by atoms with E-state index in [1.165, 1.54) is 6.20 Å². The van der Waals surface area contributed by atoms with Gasteiger partial charge >= 0.3 is 0 Å². The van der Waals surface area contributed by atoms with E-state index in [1.54, 1.807) is 23.9 Å². The van der Waals surface area contributed by atoms with Gasteiger partial charge in [0.2, 0.25) is 5.88 Å². The van der Waals surface area contributed by atoms with Gasteiger partial charge in [-0.15, -0.1) is 0 Å². The molecule has 34 heavy (non-hydrogen) atoms. The number of nitrogens with zero attached hydrogens (tertiary/aromatic N) is 5. The molecule has 1 saturated carbocycles. The molecule has 178 valence electrons. The SMILES string of the molecule is Cc1nccc(OC2CCC(Oc3cc(N4CC5CC(C4)O5)cc4ncc(=O)n(C)c34)CC2)n1. The van der Waals surface area contributed by atoms with Crippen molar-refractivity contribution >= 4 is 16.7 Å². The van der Waals surface area contributed by atoms with Crippen LogP contribution in [0.1, 0.15) is 37.9 Å². The summed E-state index contributed by atoms with van der Waals surface area (Å²) in [7, 11) is 1.78. The van der Waals surface area contributed by atoms with Crippen LogP contribution >= 0.6 is 0 Å². The third kappa shape index (κ3) is 4.09. The fourth-order valence-corrected chi connectivity index (χ4v) is 5.29. The lowest BCUT2D eigenvalue weighted by atomic mass is 9.95. The summed E-state index contributed by atoms with van der Waals surface area (Å²) in [5.74, 6) is 2.05. The van der Waals surface area contributed by atoms with Gasteiger partial charge in [-0.25, -0.2) is 9.97 Å². The quantitative estimate of drug-likeness (QED) is 0.571. The lowest BCUT2D eigenvalue weighted by Crippen LogP contribution is -2.57. The molecular formula is C25H29N5O4. The number of anilines is 1. The van der Waals surface area contributed by atoms with Gasteiger partial charge < -0.3 is 23.7 Å². The molecule has 0 spiro atoms. The zero-order valence-electron chi connectivity index (χ0n) is 19.5. The minimum Gasteiger partial charge on any atom is -0.488 e. The Morgan fingerprint density at radius 3 is 2.44 bits per heavy atom. The van der Waals surface area contributed by atoms with Crippen LogP contribution in [0.4, 0.5) is 5.69 Å². The van der Waals surface area contributed by atoms with Crippen LogP contribution in [0.15, 0.2) is 35.4 Å². The monoisotopic (exact) mass is 463 g/mol. The Morgan fingerprint density at radius 2 is 1.74 bits per heavy atom. The van der Waals surface area contributed by atoms with Crippen molar-refractivity contribution in [3.8, 4) is 11.6 Å². The maximum absolute atomic E-state index is 12.3. The Kier molecular flexibility index (Phi) is 5.36. The molecule has 2 unspecified atom stereocenters. The van der Waals surface area contributed by atoms with Gasteiger partial charge in [0.15, 0.2) is 0 Å². The molecule has 3 saturated heterocycles. The van der Waals surface area contributed by atoms with E-state index >= 15 is 0 Å². The lowest BCUT2D eigenvalue weighted by Gasteiger charge is -2.48. The van der Waals surface area contributed by atoms with E-state index in [-0.39, 0.29) is 17.8 Å². The number of hydrogen-bond donors (Lipinski definition) is 0. The first kappa shape index (κ1) is 21.3. The second-order valence-corrected chi connectivity index (χ2v) is 9.56. The first-order chi connectivity index (χ1) is 16.5. The average molecular weight is 464 g/mol. The molecule has 3 aromatic rings. The Morgan fingerprint density at radius 1 is 1.03 bits per heavy atom. The van der Waals surface area contributed by atoms with Gasteiger partial charge in [0.1, 0.15) is 23.2 Å². The van der Waals surface area contributed by atoms with Crippen LogP contribution in [0.2, 0.25) is 0 Å². The Bertz CT molecular complexity index is 1250. The Hall–Kier alpha value is -3.20. The topological polar surface area (TPSA) is 91.6 Å². The third-order valence-corrected chi connectivity index (χ3v) is 7.10. The first-order valence-electron chi connectivity index (χ1n) is 12.0. The standard InChI is InChI=1S/C25H29N5O4/c1-15-26-8-7-23(28-15)34-18-5-3-17(4-6-18)33-22-10-16(30-13-19-11-20(14-30)32-19)9-21-25(22)29(2)24(31)12-27-21/h7-10,12,17-20H,3-6,11,13-14H2,1-2H3. The molecule has 4 fully saturated rings. The average Bonchev–Trinajstić information content (AvgIpc) is 2.82. The van der Waals surface area contributed by atoms with Crippen LogP contribution in [0.3, 0.4) is 0 Å². The van der Waals surface area contributed by atoms with Gasteiger partial charge in [-0.3, -0.25) is 4.79 Å². The summed E-state index contributed by atoms with van der Waals surface area (Å²) in [6, 6.07) is 5.93. The van der Waals surface area contributed by atoms with Crippen molar-refractivity contribution < 1.29 is 14.2 Å². The van der Waals surface area contributed by atoms with Crippen molar-refractivity contribution in [2.24, 2.45) is 7.05 Å². The molecule has 9 heteroatoms. The minimum absolute atomic E-state index is 0.0545. The van der Waals surface area contributed by atoms with Gasteiger partial charge in [0.25, 0.3) is 5.56 Å². The van der Waals surface area contributed by atoms with Gasteiger partial charge in [0, 0.05) is 50.6 Å². The van der Waals surface area contributed by atoms with Gasteiger partial charge in [-0.1, -0.05) is 0 Å². The van der Waals surface area contributed by atoms with Crippen molar-refractivity contribution in [3.05, 3.63) is 46.8 Å². The number of aryl methyl sites for hydroxylation is 2. The van der Waals surface area contributed by atoms with Gasteiger partial charge in [0.05, 0.1) is 30.0 Å². The number of piperidine rings is 1. The predicted molar refractivity (Wildman–Crippen MR) is 127 cm³/mol. The molecule has 5 heterocycles. The summed E-state index contributed by atoms with van der Waals surface area (Å²) in [5, 5.41) is 0. The fraction of sp³-hybridized carbons (Fsp3) is 0.520. The number of morpholine rings is 1. The number of fused-ring (bicyclic) bond motifs is 3. The second-order valence-electron chi connectivity index (χ2n) is 9.56. The van der Waals surface area contributed by atoms with Gasteiger partial charge in [-0.05, 0) is 38.7 Å². The molecule has 2 atom stereocenters. The zero-order chi connectivity index (χ0) is 23.2. The molecule has 4 aliphatic rings. The molecule has 1 aromatic carbocycles. The summed E-state index contributed by atoms with van der Waals surface area (Å²) in [6.45, 7) is 3.61. The molecule has 2 bridgehead atoms. The number of aromatic nitrogens is 4. The number of rotatable bonds is 5. The molecule has 0 amide bonds. The zero-order valence-corrected chi connectivity index (χ0v) is 19.5. The van der Waals surface area contributed by atoms with Crippen molar-refractivity contribution in [2.75, 3.05) is 18.0 Å². The normalized spacial score (nSPS) is 26.2. The van der Waals surface area contributed by atoms with Crippen molar-refractivity contribution in [3.63, 3.8) is 0 Å². The summed E-state index contributed by atoms with van der Waals surface area (Å²) in [6.07, 6.45) is 8.53. The summed E-state index contributed by atoms with van der Waals surface area (Å²) < 4.78 is 20.1. The van der Waals surface area contributed by atoms with Crippen LogP contribution in [0.25, 0.3) is 11.0 Å². The predicted octanol–water partition coefficient (Wildman–Crippen LogP) is 2.78. The molecule has 0 N–H and O–H groups in total. The van der Waals surface area contributed by atoms with Crippen LogP contribution in [-0.4, -0.2) is 57.0 Å². The third-order valence-electron chi connectivity index (χ3n) is 7.10. The second kappa shape index (κ2) is 8.54. The summed E-state index contributed by atoms with van der Waals surface area (Å²) in [5.41, 5.74) is 2.44. The molecule has 2 aromatic heterocycles. The Labute approximate surface area is 197 Å². The van der Waals surface area contributed by atoms with Crippen LogP contribution in [-0.2, 0) is 11.8 Å². The fourth-order valence-electron chi connectivity index (χ4n) is 5.29. The minimum atomic E-state index is -0.144. The molecular weight excluding hydrogens is 434 g/mol. The van der Waals surface area contributed by atoms with Crippen LogP contribution in [0, 0.1) is 6.92 Å². The largest absolute Gasteiger partial charge is 0.488 e. The van der Waals surface area contributed by atoms with E-state index in [4.69, 9.17) is 14.2 Å². The highest BCUT2D eigenvalue weighted by Crippen LogP contribution is 2.37. The number of ether oxygens (including phenoxy) is 3. The van der Waals surface area contributed by atoms with E-state index in [0.29, 0.717) is 23.9 Å². The highest BCUT2D eigenvalue weighted by molar-refractivity contribution is 5.86. The molecule has 1 aliphatic carbocycles. The maximum atomic E-state index is 12.3. The van der Waals surface area contributed by atoms with E-state index in [9.17, 15) is 4.79 Å². The van der Waals surface area contributed by atoms with Crippen molar-refractivity contribution in [1.82, 2.24) is 19.5 Å². The van der Waals surface area contributed by atoms with Gasteiger partial charge in [-0.2, -0.15) is 4.98 Å². The van der Waals surface area contributed by atoms with Crippen LogP contribution in [0.5, 0.6) is 11.6 Å². The van der Waals surface area contributed by atoms with Crippen molar-refractivity contribution in [2.45, 2.75) is 63.4 Å².